The minimum atomic E-state index is -0.189. The minimum Gasteiger partial charge on any atom is -0.326 e. The number of rotatable bonds is 3. The number of hydrogen-bond donors (Lipinski definition) is 1. The quantitative estimate of drug-likeness (QED) is 0.778. The average Bonchev–Trinajstić information content (AvgIpc) is 2.34. The number of benzene rings is 2. The predicted molar refractivity (Wildman–Crippen MR) is 69.6 cm³/mol. The Balaban J connectivity index is 2.06. The van der Waals surface area contributed by atoms with E-state index in [1.165, 1.54) is 14.1 Å². The second-order valence-corrected chi connectivity index (χ2v) is 7.19. The third-order valence-electron chi connectivity index (χ3n) is 2.19. The van der Waals surface area contributed by atoms with Crippen LogP contribution in [0.1, 0.15) is 6.92 Å². The summed E-state index contributed by atoms with van der Waals surface area (Å²) >= 11 is 5.67. The zero-order valence-corrected chi connectivity index (χ0v) is 12.7. The molecule has 1 N–H and O–H groups in total. The van der Waals surface area contributed by atoms with Crippen LogP contribution < -0.4 is 26.5 Å². The number of halogens is 2. The monoisotopic (exact) mass is 372 g/mol. The summed E-state index contributed by atoms with van der Waals surface area (Å²) < 4.78 is 2.63. The van der Waals surface area contributed by atoms with Gasteiger partial charge in [-0.15, -0.1) is 0 Å². The highest BCUT2D eigenvalue weighted by Gasteiger charge is 2.14. The zero-order chi connectivity index (χ0) is 13.0. The van der Waals surface area contributed by atoms with Crippen LogP contribution in [0.2, 0.25) is 5.02 Å². The minimum absolute atomic E-state index is 0.0462. The van der Waals surface area contributed by atoms with Gasteiger partial charge in [0.05, 0.1) is 0 Å². The fourth-order valence-electron chi connectivity index (χ4n) is 1.42. The number of amides is 1. The molecule has 0 spiro atoms. The molecule has 0 unspecified atom stereocenters. The van der Waals surface area contributed by atoms with Crippen molar-refractivity contribution in [3.63, 3.8) is 0 Å². The van der Waals surface area contributed by atoms with E-state index in [9.17, 15) is 4.79 Å². The highest BCUT2D eigenvalue weighted by Crippen LogP contribution is 2.05. The van der Waals surface area contributed by atoms with Crippen molar-refractivity contribution >= 4 is 23.2 Å². The Morgan fingerprint density at radius 3 is 2.00 bits per heavy atom. The lowest BCUT2D eigenvalue weighted by Gasteiger charge is -1.99. The number of nitrogens with one attached hydrogen (secondary N) is 1. The molecule has 92 valence electrons. The summed E-state index contributed by atoms with van der Waals surface area (Å²) in [4.78, 5) is 10.9. The van der Waals surface area contributed by atoms with Gasteiger partial charge in [-0.3, -0.25) is 4.79 Å². The van der Waals surface area contributed by atoms with E-state index >= 15 is 0 Å². The van der Waals surface area contributed by atoms with Gasteiger partial charge in [-0.25, -0.2) is 0 Å². The first kappa shape index (κ1) is 13.4. The number of carbonyl (C=O) groups is 1. The zero-order valence-electron chi connectivity index (χ0n) is 9.78. The predicted octanol–water partition coefficient (Wildman–Crippen LogP) is 0.427. The van der Waals surface area contributed by atoms with E-state index in [4.69, 9.17) is 11.6 Å². The second kappa shape index (κ2) is 6.20. The molecule has 0 aliphatic carbocycles. The van der Waals surface area contributed by atoms with Gasteiger partial charge in [0.15, 0.2) is 7.14 Å². The molecule has 2 aromatic carbocycles. The van der Waals surface area contributed by atoms with Crippen LogP contribution >= 0.6 is 11.6 Å². The van der Waals surface area contributed by atoms with Crippen LogP contribution in [0.15, 0.2) is 48.5 Å². The summed E-state index contributed by atoms with van der Waals surface area (Å²) in [6.07, 6.45) is 0. The molecular formula is C14H12ClINO+. The fourth-order valence-corrected chi connectivity index (χ4v) is 3.70. The molecule has 18 heavy (non-hydrogen) atoms. The Morgan fingerprint density at radius 1 is 1.00 bits per heavy atom. The molecule has 0 aromatic heterocycles. The Hall–Kier alpha value is -1.07. The van der Waals surface area contributed by atoms with Crippen molar-refractivity contribution in [2.45, 2.75) is 6.92 Å². The van der Waals surface area contributed by atoms with Crippen LogP contribution in [0, 0.1) is 7.14 Å². The Labute approximate surface area is 122 Å². The molecule has 0 saturated carbocycles. The average molecular weight is 373 g/mol. The van der Waals surface area contributed by atoms with Gasteiger partial charge in [-0.2, -0.15) is 0 Å². The van der Waals surface area contributed by atoms with Crippen molar-refractivity contribution < 1.29 is 26.0 Å². The molecular weight excluding hydrogens is 361 g/mol. The van der Waals surface area contributed by atoms with Crippen LogP contribution in [0.4, 0.5) is 5.69 Å². The van der Waals surface area contributed by atoms with Crippen molar-refractivity contribution in [1.29, 1.82) is 0 Å². The molecule has 0 radical (unpaired) electrons. The molecule has 0 bridgehead atoms. The van der Waals surface area contributed by atoms with Crippen LogP contribution in [-0.2, 0) is 4.79 Å². The molecule has 1 amide bonds. The first-order chi connectivity index (χ1) is 8.63. The maximum absolute atomic E-state index is 10.9. The van der Waals surface area contributed by atoms with Gasteiger partial charge in [0.2, 0.25) is 5.91 Å². The van der Waals surface area contributed by atoms with Crippen molar-refractivity contribution in [2.75, 3.05) is 5.32 Å². The summed E-state index contributed by atoms with van der Waals surface area (Å²) in [5, 5.41) is 3.53. The lowest BCUT2D eigenvalue weighted by molar-refractivity contribution is -0.597. The Bertz CT molecular complexity index is 537. The Kier molecular flexibility index (Phi) is 4.60. The van der Waals surface area contributed by atoms with E-state index < -0.39 is 0 Å². The first-order valence-electron chi connectivity index (χ1n) is 5.41. The van der Waals surface area contributed by atoms with Gasteiger partial charge in [0, 0.05) is 17.6 Å². The van der Waals surface area contributed by atoms with Gasteiger partial charge in [-0.1, -0.05) is 11.6 Å². The van der Waals surface area contributed by atoms with Gasteiger partial charge < -0.3 is 5.32 Å². The van der Waals surface area contributed by atoms with E-state index in [0.29, 0.717) is 0 Å². The summed E-state index contributed by atoms with van der Waals surface area (Å²) in [7, 11) is 0. The van der Waals surface area contributed by atoms with E-state index in [2.05, 4.69) is 29.6 Å². The number of carbonyl (C=O) groups excluding carboxylic acids is 1. The highest BCUT2D eigenvalue weighted by molar-refractivity contribution is 6.30. The number of anilines is 1. The summed E-state index contributed by atoms with van der Waals surface area (Å²) in [5.74, 6) is -0.0462. The molecule has 0 aliphatic rings. The summed E-state index contributed by atoms with van der Waals surface area (Å²) in [6.45, 7) is 1.51. The first-order valence-corrected chi connectivity index (χ1v) is 7.95. The van der Waals surface area contributed by atoms with E-state index in [0.717, 1.165) is 10.7 Å². The fraction of sp³-hybridized carbons (Fsp3) is 0.0714. The molecule has 0 aliphatic heterocycles. The molecule has 2 nitrogen and oxygen atoms in total. The van der Waals surface area contributed by atoms with Crippen molar-refractivity contribution in [2.24, 2.45) is 0 Å². The van der Waals surface area contributed by atoms with E-state index in [1.807, 2.05) is 24.3 Å². The van der Waals surface area contributed by atoms with E-state index in [1.54, 1.807) is 0 Å². The smallest absolute Gasteiger partial charge is 0.326 e. The lowest BCUT2D eigenvalue weighted by Crippen LogP contribution is -3.61. The molecule has 2 aromatic rings. The van der Waals surface area contributed by atoms with Gasteiger partial charge in [0.25, 0.3) is 0 Å². The summed E-state index contributed by atoms with van der Waals surface area (Å²) in [6, 6.07) is 16.0. The van der Waals surface area contributed by atoms with Crippen LogP contribution in [0.25, 0.3) is 0 Å². The second-order valence-electron chi connectivity index (χ2n) is 3.72. The normalized spacial score (nSPS) is 10.1. The number of hydrogen-bond acceptors (Lipinski definition) is 1. The lowest BCUT2D eigenvalue weighted by atomic mass is 10.3. The van der Waals surface area contributed by atoms with E-state index in [-0.39, 0.29) is 27.1 Å². The Morgan fingerprint density at radius 2 is 1.50 bits per heavy atom. The van der Waals surface area contributed by atoms with Crippen molar-refractivity contribution in [3.8, 4) is 0 Å². The van der Waals surface area contributed by atoms with Crippen LogP contribution in [-0.4, -0.2) is 5.91 Å². The molecule has 0 fully saturated rings. The SMILES string of the molecule is CC(=O)Nc1ccc([I+]c2ccc(Cl)cc2)cc1. The van der Waals surface area contributed by atoms with Gasteiger partial charge in [-0.05, 0) is 48.5 Å². The largest absolute Gasteiger partial charge is 0.357 e. The molecule has 2 rings (SSSR count). The maximum atomic E-state index is 10.9. The third kappa shape index (κ3) is 3.99. The van der Waals surface area contributed by atoms with Gasteiger partial charge >= 0.3 is 21.2 Å². The van der Waals surface area contributed by atoms with Crippen LogP contribution in [0.5, 0.6) is 0 Å². The molecule has 0 saturated heterocycles. The maximum Gasteiger partial charge on any atom is 0.357 e. The topological polar surface area (TPSA) is 29.1 Å². The highest BCUT2D eigenvalue weighted by atomic mass is 127. The third-order valence-corrected chi connectivity index (χ3v) is 5.12. The van der Waals surface area contributed by atoms with Crippen molar-refractivity contribution in [1.82, 2.24) is 0 Å². The molecule has 4 heteroatoms. The molecule has 0 heterocycles. The standard InChI is InChI=1S/C14H11ClINO/c1-10(18)17-14-8-6-13(7-9-14)16-12-4-2-11(15)3-5-12/h2-9H,1H3/p+1. The van der Waals surface area contributed by atoms with Gasteiger partial charge in [0.1, 0.15) is 0 Å². The molecule has 0 atom stereocenters. The van der Waals surface area contributed by atoms with Crippen molar-refractivity contribution in [3.05, 3.63) is 60.7 Å². The van der Waals surface area contributed by atoms with Crippen LogP contribution in [0.3, 0.4) is 0 Å². The summed E-state index contributed by atoms with van der Waals surface area (Å²) in [5.41, 5.74) is 0.839.